The van der Waals surface area contributed by atoms with Crippen molar-refractivity contribution in [2.75, 3.05) is 117 Å². The summed E-state index contributed by atoms with van der Waals surface area (Å²) in [6, 6.07) is 1.44. The number of aliphatic imine (C=N–C) groups is 1. The standard InChI is InChI=1S/C82H128N22O22S.Y/c1-50(2)43-58(75(119)93-53(71(86)115)29-42-127-3)92-67(108)46-90-72(116)59(44-51-15-6-4-7-16-51)97-76(120)60(45-52-17-8-5-9-18-52)98-74(118)54(23-26-64(84)105)94-73(117)55(24-27-65(85)106)95-77(121)61-21-13-33-104(61)80(124)57(19-10-11-30-83)96-78(122)62-22-14-32-103(62)79(123)56(20-12-31-89-82(87)88)91-66(107)28-25-63(81(125)126)102-40-38-100(48-69(111)112)36-34-99(47-68(109)110)35-37-101(39-41-102)49-70(113)114;/h4-9,15-18,50,53-63H,10-14,19-49,83H2,1-3H3,(H2,84,105)(H2,85,106)(H2,86,115)(H,90,116)(H,91,107)(H,92,108)(H,93,119)(H,94,117)(H,95,121)(H,96,122)(H,97,120)(H,98,118)(H,109,110)(H,111,112)(H,113,114)(H,125,126)(H4,87,88,89);/t53-,54-,55-,56-,57-,58-,59-,60-,61-,62-,63?;/m0./s1/i;1+1. The van der Waals surface area contributed by atoms with Gasteiger partial charge in [0, 0.05) is 137 Å². The molecule has 46 heteroatoms. The molecule has 0 aromatic heterocycles. The Bertz CT molecular complexity index is 4050. The number of nitrogens with one attached hydrogen (secondary N) is 9. The summed E-state index contributed by atoms with van der Waals surface area (Å²) < 4.78 is 0. The van der Waals surface area contributed by atoms with E-state index < -0.39 is 231 Å². The van der Waals surface area contributed by atoms with Gasteiger partial charge >= 0.3 is 23.9 Å². The first kappa shape index (κ1) is 110. The number of nitrogens with two attached hydrogens (primary N) is 6. The van der Waals surface area contributed by atoms with E-state index in [-0.39, 0.29) is 207 Å². The smallest absolute Gasteiger partial charge is 0.320 e. The summed E-state index contributed by atoms with van der Waals surface area (Å²) in [6.07, 6.45) is 0.103. The molecule has 14 amide bonds. The van der Waals surface area contributed by atoms with Crippen molar-refractivity contribution in [3.63, 3.8) is 0 Å². The molecule has 44 nitrogen and oxygen atoms in total. The third-order valence-corrected chi connectivity index (χ3v) is 22.3. The second kappa shape index (κ2) is 58.1. The van der Waals surface area contributed by atoms with Crippen LogP contribution in [0.1, 0.15) is 134 Å². The number of carbonyl (C=O) groups excluding carboxylic acids is 14. The zero-order chi connectivity index (χ0) is 93.8. The second-order valence-corrected chi connectivity index (χ2v) is 33.1. The predicted octanol–water partition coefficient (Wildman–Crippen LogP) is -5.85. The van der Waals surface area contributed by atoms with Gasteiger partial charge in [0.2, 0.25) is 82.7 Å². The molecule has 3 heterocycles. The van der Waals surface area contributed by atoms with Crippen LogP contribution in [0.2, 0.25) is 0 Å². The van der Waals surface area contributed by atoms with E-state index in [0.29, 0.717) is 23.3 Å². The van der Waals surface area contributed by atoms with E-state index in [9.17, 15) is 102 Å². The molecule has 11 atom stereocenters. The van der Waals surface area contributed by atoms with Gasteiger partial charge < -0.3 is 112 Å². The van der Waals surface area contributed by atoms with E-state index in [1.165, 1.54) is 36.3 Å². The average Bonchev–Trinajstić information content (AvgIpc) is 1.65. The minimum Gasteiger partial charge on any atom is -0.480 e. The molecule has 707 valence electrons. The first-order valence-corrected chi connectivity index (χ1v) is 44.0. The van der Waals surface area contributed by atoms with Gasteiger partial charge in [0.15, 0.2) is 5.96 Å². The van der Waals surface area contributed by atoms with Crippen molar-refractivity contribution in [2.24, 2.45) is 45.3 Å². The predicted molar refractivity (Wildman–Crippen MR) is 464 cm³/mol. The van der Waals surface area contributed by atoms with Crippen LogP contribution in [0.25, 0.3) is 0 Å². The van der Waals surface area contributed by atoms with Crippen molar-refractivity contribution in [3.8, 4) is 0 Å². The Kier molecular flexibility index (Phi) is 49.8. The molecule has 2 aromatic rings. The number of rotatable bonds is 54. The topological polar surface area (TPSA) is 684 Å². The van der Waals surface area contributed by atoms with Crippen molar-refractivity contribution >= 4 is 124 Å². The number of amides is 14. The Balaban J connectivity index is 0.0000343. The molecule has 3 aliphatic heterocycles. The zero-order valence-electron chi connectivity index (χ0n) is 72.9. The fraction of sp³-hybridized carbons (Fsp3) is 0.622. The zero-order valence-corrected chi connectivity index (χ0v) is 76.5. The molecule has 3 aliphatic rings. The first-order valence-electron chi connectivity index (χ1n) is 42.6. The molecule has 5 rings (SSSR count). The Morgan fingerprint density at radius 1 is 0.453 bits per heavy atom. The van der Waals surface area contributed by atoms with Crippen LogP contribution in [0.3, 0.4) is 0 Å². The van der Waals surface area contributed by atoms with Gasteiger partial charge in [0.25, 0.3) is 0 Å². The molecule has 3 saturated heterocycles. The van der Waals surface area contributed by atoms with E-state index >= 15 is 4.79 Å². The Morgan fingerprint density at radius 3 is 1.30 bits per heavy atom. The molecule has 1 radical (unpaired) electrons. The number of benzene rings is 2. The van der Waals surface area contributed by atoms with Gasteiger partial charge in [-0.05, 0) is 125 Å². The number of carbonyl (C=O) groups is 18. The van der Waals surface area contributed by atoms with Gasteiger partial charge in [0.05, 0.1) is 26.2 Å². The minimum atomic E-state index is -1.72. The summed E-state index contributed by atoms with van der Waals surface area (Å²) in [4.78, 5) is 258. The Morgan fingerprint density at radius 2 is 0.867 bits per heavy atom. The number of hydrogen-bond donors (Lipinski definition) is 19. The summed E-state index contributed by atoms with van der Waals surface area (Å²) in [5.74, 6) is -16.8. The van der Waals surface area contributed by atoms with Crippen molar-refractivity contribution < 1.29 is 139 Å². The van der Waals surface area contributed by atoms with Crippen molar-refractivity contribution in [1.82, 2.24) is 77.3 Å². The van der Waals surface area contributed by atoms with Crippen molar-refractivity contribution in [3.05, 3.63) is 71.8 Å². The number of carboxylic acids is 4. The molecule has 25 N–H and O–H groups in total. The third-order valence-electron chi connectivity index (χ3n) is 21.6. The molecule has 0 bridgehead atoms. The first-order chi connectivity index (χ1) is 60.4. The third kappa shape index (κ3) is 40.4. The monoisotopic (exact) mass is 1890 g/mol. The largest absolute Gasteiger partial charge is 0.480 e. The summed E-state index contributed by atoms with van der Waals surface area (Å²) in [7, 11) is 0. The Labute approximate surface area is 772 Å². The summed E-state index contributed by atoms with van der Waals surface area (Å²) >= 11 is 1.44. The van der Waals surface area contributed by atoms with Crippen LogP contribution in [0.15, 0.2) is 65.7 Å². The summed E-state index contributed by atoms with van der Waals surface area (Å²) in [5, 5.41) is 63.5. The van der Waals surface area contributed by atoms with Gasteiger partial charge in [0.1, 0.15) is 66.5 Å². The maximum absolute atomic E-state index is 15.1. The number of unbranched alkanes of at least 4 members (excludes halogenated alkanes) is 1. The van der Waals surface area contributed by atoms with Crippen LogP contribution in [-0.4, -0.2) is 346 Å². The quantitative estimate of drug-likeness (QED) is 0.0167. The van der Waals surface area contributed by atoms with E-state index in [4.69, 9.17) is 34.4 Å². The van der Waals surface area contributed by atoms with E-state index in [0.717, 1.165) is 0 Å². The van der Waals surface area contributed by atoms with Gasteiger partial charge in [-0.25, -0.2) is 0 Å². The van der Waals surface area contributed by atoms with Gasteiger partial charge in [-0.15, -0.1) is 0 Å². The van der Waals surface area contributed by atoms with Crippen molar-refractivity contribution in [1.29, 1.82) is 0 Å². The maximum Gasteiger partial charge on any atom is 0.320 e. The summed E-state index contributed by atoms with van der Waals surface area (Å²) in [6.45, 7) is 1.72. The fourth-order valence-electron chi connectivity index (χ4n) is 15.0. The SMILES string of the molecule is CSCC[C@H](NC(=O)[C@H](CC(C)C)NC(=O)CNC(=O)[C@H](Cc1ccccc1)NC(=O)[C@H](Cc1ccccc1)NC(=O)[C@H](CCC(N)=O)NC(=O)[C@H](CCC(N)=O)NC(=O)[C@@H]1CCCN1C(=O)[C@H](CCCCN)NC(=O)[C@@H]1CCCN1C(=O)[C@H](CCCN=C(N)N)NC(=O)CCC(C(=O)O)N1CCN(CC(=O)O)CCN(CC(=O)O)CCN(CC(=O)O)CC1)C(N)=O.[90Y]. The number of aliphatic carboxylic acids is 4. The molecular formula is C82H128N22O22SY. The fourth-order valence-corrected chi connectivity index (χ4v) is 15.5. The number of likely N-dealkylation sites (tertiary alicyclic amines) is 2. The molecule has 0 aliphatic carbocycles. The van der Waals surface area contributed by atoms with Crippen molar-refractivity contribution in [2.45, 2.75) is 202 Å². The number of carboxylic acid groups (broad SMARTS) is 4. The van der Waals surface area contributed by atoms with E-state index in [2.05, 4.69) is 52.8 Å². The second-order valence-electron chi connectivity index (χ2n) is 32.1. The van der Waals surface area contributed by atoms with E-state index in [1.54, 1.807) is 65.6 Å². The van der Waals surface area contributed by atoms with Crippen LogP contribution < -0.4 is 82.3 Å². The number of nitrogens with zero attached hydrogens (tertiary/aromatic N) is 7. The van der Waals surface area contributed by atoms with Crippen LogP contribution >= 0.6 is 11.8 Å². The molecule has 3 fully saturated rings. The molecule has 128 heavy (non-hydrogen) atoms. The average molecular weight is 1900 g/mol. The summed E-state index contributed by atoms with van der Waals surface area (Å²) in [5.41, 5.74) is 34.9. The molecule has 0 saturated carbocycles. The molecule has 0 spiro atoms. The van der Waals surface area contributed by atoms with Gasteiger partial charge in [-0.2, -0.15) is 11.8 Å². The number of primary amides is 3. The normalized spacial score (nSPS) is 17.4. The number of hydrogen-bond acceptors (Lipinski definition) is 25. The maximum atomic E-state index is 15.1. The Hall–Kier alpha value is -10.6. The number of guanidine groups is 1. The molecular weight excluding hydrogens is 1770 g/mol. The van der Waals surface area contributed by atoms with Crippen LogP contribution in [0, 0.1) is 5.92 Å². The minimum absolute atomic E-state index is 0. The van der Waals surface area contributed by atoms with Gasteiger partial charge in [-0.3, -0.25) is 111 Å². The van der Waals surface area contributed by atoms with Gasteiger partial charge in [-0.1, -0.05) is 74.5 Å². The van der Waals surface area contributed by atoms with Crippen LogP contribution in [0.4, 0.5) is 0 Å². The van der Waals surface area contributed by atoms with Crippen LogP contribution in [0.5, 0.6) is 0 Å². The van der Waals surface area contributed by atoms with E-state index in [1.807, 2.05) is 20.1 Å². The molecule has 2 aromatic carbocycles. The van der Waals surface area contributed by atoms with Crippen LogP contribution in [-0.2, 0) is 132 Å². The number of thioether (sulfide) groups is 1. The molecule has 1 unspecified atom stereocenters.